The normalized spacial score (nSPS) is 11.6. The van der Waals surface area contributed by atoms with Gasteiger partial charge in [0.1, 0.15) is 5.82 Å². The topological polar surface area (TPSA) is 78.5 Å². The van der Waals surface area contributed by atoms with Crippen molar-refractivity contribution in [3.63, 3.8) is 0 Å². The second-order valence-electron chi connectivity index (χ2n) is 6.36. The summed E-state index contributed by atoms with van der Waals surface area (Å²) in [5.74, 6) is -0.664. The molecule has 6 nitrogen and oxygen atoms in total. The first-order valence-electron chi connectivity index (χ1n) is 8.55. The number of hydrogen-bond acceptors (Lipinski definition) is 4. The van der Waals surface area contributed by atoms with Gasteiger partial charge in [-0.1, -0.05) is 18.2 Å². The number of nitrogens with one attached hydrogen (secondary N) is 2. The molecule has 8 heteroatoms. The molecule has 0 bridgehead atoms. The van der Waals surface area contributed by atoms with E-state index in [1.54, 1.807) is 18.2 Å². The molecule has 146 valence electrons. The summed E-state index contributed by atoms with van der Waals surface area (Å²) >= 11 is 0. The molecule has 0 spiro atoms. The van der Waals surface area contributed by atoms with Gasteiger partial charge in [0.05, 0.1) is 4.90 Å². The highest BCUT2D eigenvalue weighted by atomic mass is 32.2. The number of carbonyl (C=O) groups excluding carboxylic acids is 1. The third-order valence-corrected chi connectivity index (χ3v) is 5.33. The Balaban J connectivity index is 1.95. The first-order chi connectivity index (χ1) is 12.8. The van der Waals surface area contributed by atoms with Crippen LogP contribution in [0.5, 0.6) is 0 Å². The number of nitrogens with zero attached hydrogens (tertiary/aromatic N) is 1. The zero-order chi connectivity index (χ0) is 19.9. The van der Waals surface area contributed by atoms with Crippen molar-refractivity contribution in [1.29, 1.82) is 0 Å². The van der Waals surface area contributed by atoms with E-state index in [4.69, 9.17) is 0 Å². The Bertz CT molecular complexity index is 868. The molecule has 0 heterocycles. The van der Waals surface area contributed by atoms with Gasteiger partial charge < -0.3 is 10.2 Å². The number of amides is 1. The number of likely N-dealkylation sites (N-methyl/N-ethyl adjacent to an activating group) is 1. The van der Waals surface area contributed by atoms with Crippen molar-refractivity contribution >= 4 is 15.9 Å². The molecule has 27 heavy (non-hydrogen) atoms. The molecule has 2 aromatic rings. The van der Waals surface area contributed by atoms with Crippen LogP contribution in [0.3, 0.4) is 0 Å². The molecule has 0 saturated heterocycles. The minimum Gasteiger partial charge on any atom is -0.352 e. The number of hydrogen-bond donors (Lipinski definition) is 2. The molecule has 0 fully saturated rings. The molecule has 1 amide bonds. The monoisotopic (exact) mass is 393 g/mol. The Morgan fingerprint density at radius 3 is 2.44 bits per heavy atom. The van der Waals surface area contributed by atoms with Crippen molar-refractivity contribution < 1.29 is 17.6 Å². The zero-order valence-electron chi connectivity index (χ0n) is 15.4. The van der Waals surface area contributed by atoms with Crippen molar-refractivity contribution in [3.05, 3.63) is 65.5 Å². The lowest BCUT2D eigenvalue weighted by Gasteiger charge is -2.12. The molecular weight excluding hydrogens is 369 g/mol. The Morgan fingerprint density at radius 2 is 1.78 bits per heavy atom. The summed E-state index contributed by atoms with van der Waals surface area (Å²) in [5.41, 5.74) is 1.17. The molecule has 0 unspecified atom stereocenters. The number of rotatable bonds is 9. The Labute approximate surface area is 159 Å². The quantitative estimate of drug-likeness (QED) is 0.679. The van der Waals surface area contributed by atoms with E-state index in [0.29, 0.717) is 19.5 Å². The molecule has 0 saturated carbocycles. The molecular formula is C19H24FN3O3S. The summed E-state index contributed by atoms with van der Waals surface area (Å²) in [4.78, 5) is 14.2. The predicted octanol–water partition coefficient (Wildman–Crippen LogP) is 1.64. The van der Waals surface area contributed by atoms with Gasteiger partial charge in [-0.3, -0.25) is 4.79 Å². The fraction of sp³-hybridized carbons (Fsp3) is 0.316. The fourth-order valence-corrected chi connectivity index (χ4v) is 3.43. The standard InChI is InChI=1S/C19H24FN3O3S/c1-23(2)13-12-22-27(25,26)18-5-3-4-16(14-18)19(24)21-11-10-15-6-8-17(20)9-7-15/h3-9,14,22H,10-13H2,1-2H3,(H,21,24). The van der Waals surface area contributed by atoms with E-state index in [1.807, 2.05) is 19.0 Å². The molecule has 2 N–H and O–H groups in total. The lowest BCUT2D eigenvalue weighted by molar-refractivity contribution is 0.0954. The Kier molecular flexibility index (Phi) is 7.46. The molecule has 0 aliphatic carbocycles. The van der Waals surface area contributed by atoms with Gasteiger partial charge in [0.15, 0.2) is 0 Å². The van der Waals surface area contributed by atoms with Crippen LogP contribution < -0.4 is 10.0 Å². The maximum atomic E-state index is 12.9. The summed E-state index contributed by atoms with van der Waals surface area (Å²) in [7, 11) is 0.0330. The van der Waals surface area contributed by atoms with E-state index in [0.717, 1.165) is 5.56 Å². The van der Waals surface area contributed by atoms with Crippen LogP contribution in [-0.2, 0) is 16.4 Å². The third kappa shape index (κ3) is 6.74. The third-order valence-electron chi connectivity index (χ3n) is 3.87. The molecule has 0 aliphatic rings. The molecule has 2 aromatic carbocycles. The van der Waals surface area contributed by atoms with Gasteiger partial charge in [0.25, 0.3) is 5.91 Å². The summed E-state index contributed by atoms with van der Waals surface area (Å²) < 4.78 is 40.0. The lowest BCUT2D eigenvalue weighted by Crippen LogP contribution is -2.31. The van der Waals surface area contributed by atoms with E-state index in [1.165, 1.54) is 30.3 Å². The van der Waals surface area contributed by atoms with Gasteiger partial charge in [-0.05, 0) is 56.4 Å². The van der Waals surface area contributed by atoms with Crippen molar-refractivity contribution in [2.75, 3.05) is 33.7 Å². The van der Waals surface area contributed by atoms with Gasteiger partial charge in [0.2, 0.25) is 10.0 Å². The highest BCUT2D eigenvalue weighted by Gasteiger charge is 2.16. The van der Waals surface area contributed by atoms with Gasteiger partial charge in [-0.15, -0.1) is 0 Å². The van der Waals surface area contributed by atoms with Gasteiger partial charge in [-0.25, -0.2) is 17.5 Å². The van der Waals surface area contributed by atoms with Crippen molar-refractivity contribution in [1.82, 2.24) is 14.9 Å². The minimum absolute atomic E-state index is 0.0486. The Hall–Kier alpha value is -2.29. The van der Waals surface area contributed by atoms with Crippen molar-refractivity contribution in [3.8, 4) is 0 Å². The summed E-state index contributed by atoms with van der Waals surface area (Å²) in [6.45, 7) is 1.22. The summed E-state index contributed by atoms with van der Waals surface area (Å²) in [5, 5.41) is 2.74. The molecule has 2 rings (SSSR count). The average Bonchev–Trinajstić information content (AvgIpc) is 2.63. The highest BCUT2D eigenvalue weighted by molar-refractivity contribution is 7.89. The molecule has 0 radical (unpaired) electrons. The second kappa shape index (κ2) is 9.59. The molecule has 0 aliphatic heterocycles. The van der Waals surface area contributed by atoms with Crippen LogP contribution >= 0.6 is 0 Å². The van der Waals surface area contributed by atoms with Crippen LogP contribution in [0.25, 0.3) is 0 Å². The van der Waals surface area contributed by atoms with Gasteiger partial charge in [0, 0.05) is 25.2 Å². The highest BCUT2D eigenvalue weighted by Crippen LogP contribution is 2.11. The maximum Gasteiger partial charge on any atom is 0.251 e. The summed E-state index contributed by atoms with van der Waals surface area (Å²) in [6, 6.07) is 12.0. The summed E-state index contributed by atoms with van der Waals surface area (Å²) in [6.07, 6.45) is 0.552. The average molecular weight is 393 g/mol. The molecule has 0 atom stereocenters. The zero-order valence-corrected chi connectivity index (χ0v) is 16.2. The number of carbonyl (C=O) groups is 1. The van der Waals surface area contributed by atoms with Crippen LogP contribution in [0.1, 0.15) is 15.9 Å². The second-order valence-corrected chi connectivity index (χ2v) is 8.13. The SMILES string of the molecule is CN(C)CCNS(=O)(=O)c1cccc(C(=O)NCCc2ccc(F)cc2)c1. The largest absolute Gasteiger partial charge is 0.352 e. The van der Waals surface area contributed by atoms with E-state index in [9.17, 15) is 17.6 Å². The smallest absolute Gasteiger partial charge is 0.251 e. The van der Waals surface area contributed by atoms with E-state index < -0.39 is 10.0 Å². The first-order valence-corrected chi connectivity index (χ1v) is 10.0. The molecule has 0 aromatic heterocycles. The first kappa shape index (κ1) is 21.0. The Morgan fingerprint density at radius 1 is 1.07 bits per heavy atom. The van der Waals surface area contributed by atoms with Crippen LogP contribution in [0, 0.1) is 5.82 Å². The van der Waals surface area contributed by atoms with Gasteiger partial charge in [-0.2, -0.15) is 0 Å². The van der Waals surface area contributed by atoms with Crippen LogP contribution in [-0.4, -0.2) is 53.0 Å². The fourth-order valence-electron chi connectivity index (χ4n) is 2.36. The van der Waals surface area contributed by atoms with Crippen LogP contribution in [0.4, 0.5) is 4.39 Å². The number of benzene rings is 2. The predicted molar refractivity (Wildman–Crippen MR) is 103 cm³/mol. The van der Waals surface area contributed by atoms with E-state index >= 15 is 0 Å². The lowest BCUT2D eigenvalue weighted by atomic mass is 10.1. The number of sulfonamides is 1. The number of halogens is 1. The van der Waals surface area contributed by atoms with E-state index in [2.05, 4.69) is 10.0 Å². The van der Waals surface area contributed by atoms with Crippen LogP contribution in [0.2, 0.25) is 0 Å². The van der Waals surface area contributed by atoms with Crippen LogP contribution in [0.15, 0.2) is 53.4 Å². The van der Waals surface area contributed by atoms with Gasteiger partial charge >= 0.3 is 0 Å². The van der Waals surface area contributed by atoms with E-state index in [-0.39, 0.29) is 28.7 Å². The minimum atomic E-state index is -3.67. The maximum absolute atomic E-state index is 12.9. The van der Waals surface area contributed by atoms with Crippen molar-refractivity contribution in [2.45, 2.75) is 11.3 Å². The van der Waals surface area contributed by atoms with Crippen molar-refractivity contribution in [2.24, 2.45) is 0 Å².